The first-order valence-electron chi connectivity index (χ1n) is 6.71. The summed E-state index contributed by atoms with van der Waals surface area (Å²) in [6.45, 7) is 4.07. The Bertz CT molecular complexity index is 615. The SMILES string of the molecule is C=C(CC(C(=O)OC)c1ccc(O)cc1)c1ccccc1. The molecule has 0 aliphatic carbocycles. The molecular weight excluding hydrogens is 264 g/mol. The van der Waals surface area contributed by atoms with Gasteiger partial charge < -0.3 is 9.84 Å². The molecule has 0 amide bonds. The normalized spacial score (nSPS) is 11.7. The third-order valence-corrected chi connectivity index (χ3v) is 3.41. The number of allylic oxidation sites excluding steroid dienone is 1. The van der Waals surface area contributed by atoms with Crippen LogP contribution in [0, 0.1) is 0 Å². The smallest absolute Gasteiger partial charge is 0.313 e. The van der Waals surface area contributed by atoms with Gasteiger partial charge >= 0.3 is 5.97 Å². The minimum atomic E-state index is -0.427. The van der Waals surface area contributed by atoms with Gasteiger partial charge in [-0.2, -0.15) is 0 Å². The van der Waals surface area contributed by atoms with Crippen LogP contribution in [0.25, 0.3) is 5.57 Å². The van der Waals surface area contributed by atoms with Crippen LogP contribution in [0.1, 0.15) is 23.5 Å². The Hall–Kier alpha value is -2.55. The predicted molar refractivity (Wildman–Crippen MR) is 83.0 cm³/mol. The molecule has 1 atom stereocenters. The van der Waals surface area contributed by atoms with Crippen LogP contribution in [-0.4, -0.2) is 18.2 Å². The number of benzene rings is 2. The van der Waals surface area contributed by atoms with Crippen molar-refractivity contribution in [1.82, 2.24) is 0 Å². The minimum Gasteiger partial charge on any atom is -0.508 e. The molecule has 0 radical (unpaired) electrons. The van der Waals surface area contributed by atoms with E-state index in [1.807, 2.05) is 30.3 Å². The molecule has 0 fully saturated rings. The number of rotatable bonds is 5. The Morgan fingerprint density at radius 3 is 2.33 bits per heavy atom. The average molecular weight is 282 g/mol. The molecule has 3 nitrogen and oxygen atoms in total. The summed E-state index contributed by atoms with van der Waals surface area (Å²) in [5.74, 6) is -0.565. The largest absolute Gasteiger partial charge is 0.508 e. The maximum absolute atomic E-state index is 12.0. The molecule has 0 saturated heterocycles. The zero-order valence-electron chi connectivity index (χ0n) is 12.0. The van der Waals surface area contributed by atoms with E-state index < -0.39 is 5.92 Å². The van der Waals surface area contributed by atoms with Crippen LogP contribution in [0.2, 0.25) is 0 Å². The highest BCUT2D eigenvalue weighted by molar-refractivity contribution is 5.81. The fourth-order valence-corrected chi connectivity index (χ4v) is 2.22. The third-order valence-electron chi connectivity index (χ3n) is 3.41. The van der Waals surface area contributed by atoms with Crippen LogP contribution >= 0.6 is 0 Å². The van der Waals surface area contributed by atoms with Gasteiger partial charge in [-0.25, -0.2) is 0 Å². The summed E-state index contributed by atoms with van der Waals surface area (Å²) >= 11 is 0. The monoisotopic (exact) mass is 282 g/mol. The quantitative estimate of drug-likeness (QED) is 0.849. The molecule has 21 heavy (non-hydrogen) atoms. The number of carbonyl (C=O) groups is 1. The van der Waals surface area contributed by atoms with Gasteiger partial charge in [0.25, 0.3) is 0 Å². The maximum Gasteiger partial charge on any atom is 0.313 e. The van der Waals surface area contributed by atoms with E-state index >= 15 is 0 Å². The zero-order valence-corrected chi connectivity index (χ0v) is 12.0. The molecule has 0 spiro atoms. The van der Waals surface area contributed by atoms with Gasteiger partial charge in [-0.15, -0.1) is 0 Å². The lowest BCUT2D eigenvalue weighted by molar-refractivity contribution is -0.142. The third kappa shape index (κ3) is 3.72. The van der Waals surface area contributed by atoms with Gasteiger partial charge in [-0.1, -0.05) is 49.0 Å². The molecule has 2 rings (SSSR count). The first-order valence-corrected chi connectivity index (χ1v) is 6.71. The molecule has 0 aliphatic heterocycles. The van der Waals surface area contributed by atoms with E-state index in [0.29, 0.717) is 6.42 Å². The van der Waals surface area contributed by atoms with E-state index in [-0.39, 0.29) is 11.7 Å². The van der Waals surface area contributed by atoms with E-state index in [9.17, 15) is 9.90 Å². The van der Waals surface area contributed by atoms with Crippen molar-refractivity contribution < 1.29 is 14.6 Å². The van der Waals surface area contributed by atoms with Gasteiger partial charge in [0.05, 0.1) is 13.0 Å². The van der Waals surface area contributed by atoms with Crippen molar-refractivity contribution in [2.24, 2.45) is 0 Å². The van der Waals surface area contributed by atoms with E-state index in [0.717, 1.165) is 16.7 Å². The van der Waals surface area contributed by atoms with Crippen molar-refractivity contribution in [3.8, 4) is 5.75 Å². The molecular formula is C18H18O3. The fourth-order valence-electron chi connectivity index (χ4n) is 2.22. The van der Waals surface area contributed by atoms with Crippen LogP contribution in [0.5, 0.6) is 5.75 Å². The number of hydrogen-bond donors (Lipinski definition) is 1. The standard InChI is InChI=1S/C18H18O3/c1-13(14-6-4-3-5-7-14)12-17(18(20)21-2)15-8-10-16(19)11-9-15/h3-11,17,19H,1,12H2,2H3. The summed E-state index contributed by atoms with van der Waals surface area (Å²) < 4.78 is 4.89. The van der Waals surface area contributed by atoms with Crippen molar-refractivity contribution in [3.63, 3.8) is 0 Å². The number of ether oxygens (including phenoxy) is 1. The van der Waals surface area contributed by atoms with E-state index in [2.05, 4.69) is 6.58 Å². The molecule has 0 heterocycles. The van der Waals surface area contributed by atoms with Crippen molar-refractivity contribution in [2.75, 3.05) is 7.11 Å². The Balaban J connectivity index is 2.23. The molecule has 2 aromatic rings. The second-order valence-corrected chi connectivity index (χ2v) is 4.84. The number of aromatic hydroxyl groups is 1. The number of esters is 1. The highest BCUT2D eigenvalue weighted by atomic mass is 16.5. The van der Waals surface area contributed by atoms with E-state index in [1.54, 1.807) is 24.3 Å². The lowest BCUT2D eigenvalue weighted by atomic mass is 9.90. The number of carbonyl (C=O) groups excluding carboxylic acids is 1. The Labute approximate surface area is 124 Å². The number of phenolic OH excluding ortho intramolecular Hbond substituents is 1. The summed E-state index contributed by atoms with van der Waals surface area (Å²) in [4.78, 5) is 12.0. The maximum atomic E-state index is 12.0. The lowest BCUT2D eigenvalue weighted by Crippen LogP contribution is -2.14. The van der Waals surface area contributed by atoms with Crippen molar-refractivity contribution in [1.29, 1.82) is 0 Å². The minimum absolute atomic E-state index is 0.171. The summed E-state index contributed by atoms with van der Waals surface area (Å²) in [6, 6.07) is 16.3. The van der Waals surface area contributed by atoms with Gasteiger partial charge in [-0.05, 0) is 35.3 Å². The predicted octanol–water partition coefficient (Wildman–Crippen LogP) is 3.75. The van der Waals surface area contributed by atoms with Gasteiger partial charge in [0.15, 0.2) is 0 Å². The first kappa shape index (κ1) is 14.9. The molecule has 3 heteroatoms. The number of phenols is 1. The van der Waals surface area contributed by atoms with Crippen LogP contribution in [0.3, 0.4) is 0 Å². The van der Waals surface area contributed by atoms with E-state index in [4.69, 9.17) is 4.74 Å². The van der Waals surface area contributed by atoms with Crippen molar-refractivity contribution >= 4 is 11.5 Å². The molecule has 1 unspecified atom stereocenters. The molecule has 0 aliphatic rings. The van der Waals surface area contributed by atoms with Gasteiger partial charge in [0, 0.05) is 0 Å². The molecule has 1 N–H and O–H groups in total. The Morgan fingerprint density at radius 2 is 1.76 bits per heavy atom. The van der Waals surface area contributed by atoms with E-state index in [1.165, 1.54) is 7.11 Å². The number of hydrogen-bond acceptors (Lipinski definition) is 3. The zero-order chi connectivity index (χ0) is 15.2. The first-order chi connectivity index (χ1) is 10.1. The van der Waals surface area contributed by atoms with Crippen molar-refractivity contribution in [2.45, 2.75) is 12.3 Å². The fraction of sp³-hybridized carbons (Fsp3) is 0.167. The lowest BCUT2D eigenvalue weighted by Gasteiger charge is -2.17. The summed E-state index contributed by atoms with van der Waals surface area (Å²) in [5.41, 5.74) is 2.68. The van der Waals surface area contributed by atoms with Gasteiger partial charge in [-0.3, -0.25) is 4.79 Å². The average Bonchev–Trinajstić information content (AvgIpc) is 2.53. The second-order valence-electron chi connectivity index (χ2n) is 4.84. The molecule has 0 aromatic heterocycles. The second kappa shape index (κ2) is 6.75. The van der Waals surface area contributed by atoms with Crippen LogP contribution < -0.4 is 0 Å². The van der Waals surface area contributed by atoms with Gasteiger partial charge in [0.1, 0.15) is 5.75 Å². The van der Waals surface area contributed by atoms with Gasteiger partial charge in [0.2, 0.25) is 0 Å². The number of methoxy groups -OCH3 is 1. The highest BCUT2D eigenvalue weighted by Gasteiger charge is 2.22. The van der Waals surface area contributed by atoms with Crippen LogP contribution in [0.15, 0.2) is 61.2 Å². The highest BCUT2D eigenvalue weighted by Crippen LogP contribution is 2.30. The Morgan fingerprint density at radius 1 is 1.14 bits per heavy atom. The summed E-state index contributed by atoms with van der Waals surface area (Å²) in [6.07, 6.45) is 0.474. The molecule has 0 saturated carbocycles. The van der Waals surface area contributed by atoms with Crippen LogP contribution in [-0.2, 0) is 9.53 Å². The van der Waals surface area contributed by atoms with Crippen molar-refractivity contribution in [3.05, 3.63) is 72.3 Å². The molecule has 0 bridgehead atoms. The molecule has 108 valence electrons. The van der Waals surface area contributed by atoms with Crippen LogP contribution in [0.4, 0.5) is 0 Å². The summed E-state index contributed by atoms with van der Waals surface area (Å²) in [5, 5.41) is 9.36. The molecule has 2 aromatic carbocycles. The summed E-state index contributed by atoms with van der Waals surface area (Å²) in [7, 11) is 1.38. The topological polar surface area (TPSA) is 46.5 Å². The Kier molecular flexibility index (Phi) is 4.77.